The van der Waals surface area contributed by atoms with Gasteiger partial charge in [0, 0.05) is 47.2 Å². The number of carbonyl (C=O) groups is 2. The second-order valence-corrected chi connectivity index (χ2v) is 16.6. The van der Waals surface area contributed by atoms with Crippen molar-refractivity contribution < 1.29 is 9.59 Å². The van der Waals surface area contributed by atoms with Gasteiger partial charge in [0.05, 0.1) is 22.5 Å². The average molecular weight is 819 g/mol. The van der Waals surface area contributed by atoms with Gasteiger partial charge in [0.15, 0.2) is 0 Å². The van der Waals surface area contributed by atoms with E-state index in [4.69, 9.17) is 0 Å². The number of benzene rings is 6. The molecular formula is C56H58N4O2. The zero-order valence-electron chi connectivity index (χ0n) is 36.7. The average Bonchev–Trinajstić information content (AvgIpc) is 3.75. The number of para-hydroxylation sites is 2. The number of nitrogens with zero attached hydrogens (tertiary/aromatic N) is 4. The van der Waals surface area contributed by atoms with Crippen molar-refractivity contribution in [1.82, 2.24) is 9.80 Å². The van der Waals surface area contributed by atoms with Crippen LogP contribution in [0, 0.1) is 13.8 Å². The molecule has 2 heterocycles. The van der Waals surface area contributed by atoms with Crippen molar-refractivity contribution in [2.75, 3.05) is 22.9 Å². The Morgan fingerprint density at radius 3 is 1.00 bits per heavy atom. The van der Waals surface area contributed by atoms with Crippen molar-refractivity contribution in [2.45, 2.75) is 79.1 Å². The number of rotatable bonds is 18. The van der Waals surface area contributed by atoms with Gasteiger partial charge in [-0.05, 0) is 111 Å². The van der Waals surface area contributed by atoms with Crippen molar-refractivity contribution in [2.24, 2.45) is 0 Å². The third kappa shape index (κ3) is 8.73. The number of amides is 2. The van der Waals surface area contributed by atoms with Crippen LogP contribution in [0.5, 0.6) is 0 Å². The van der Waals surface area contributed by atoms with Crippen molar-refractivity contribution in [3.05, 3.63) is 191 Å². The molecule has 0 saturated heterocycles. The van der Waals surface area contributed by atoms with Gasteiger partial charge in [-0.1, -0.05) is 148 Å². The van der Waals surface area contributed by atoms with Gasteiger partial charge in [-0.2, -0.15) is 0 Å². The molecule has 2 aliphatic heterocycles. The highest BCUT2D eigenvalue weighted by molar-refractivity contribution is 6.30. The fourth-order valence-corrected chi connectivity index (χ4v) is 8.79. The minimum absolute atomic E-state index is 0.0878. The Kier molecular flexibility index (Phi) is 13.1. The minimum Gasteiger partial charge on any atom is -0.311 e. The summed E-state index contributed by atoms with van der Waals surface area (Å²) in [6.45, 7) is 9.72. The lowest BCUT2D eigenvalue weighted by Gasteiger charge is -2.28. The van der Waals surface area contributed by atoms with Crippen LogP contribution in [-0.2, 0) is 9.59 Å². The van der Waals surface area contributed by atoms with Crippen LogP contribution in [0.3, 0.4) is 0 Å². The smallest absolute Gasteiger partial charge is 0.261 e. The second-order valence-electron chi connectivity index (χ2n) is 16.6. The van der Waals surface area contributed by atoms with E-state index in [1.165, 1.54) is 11.1 Å². The molecule has 314 valence electrons. The number of anilines is 6. The Hall–Kier alpha value is -6.66. The lowest BCUT2D eigenvalue weighted by atomic mass is 10.0. The maximum atomic E-state index is 15.1. The van der Waals surface area contributed by atoms with Gasteiger partial charge in [-0.25, -0.2) is 0 Å². The van der Waals surface area contributed by atoms with E-state index < -0.39 is 0 Å². The molecule has 6 heteroatoms. The van der Waals surface area contributed by atoms with Crippen LogP contribution in [0.2, 0.25) is 0 Å². The van der Waals surface area contributed by atoms with Crippen molar-refractivity contribution in [3.8, 4) is 0 Å². The maximum Gasteiger partial charge on any atom is 0.261 e. The predicted molar refractivity (Wildman–Crippen MR) is 257 cm³/mol. The molecule has 6 aromatic rings. The van der Waals surface area contributed by atoms with Crippen molar-refractivity contribution in [1.29, 1.82) is 0 Å². The molecule has 2 amide bonds. The van der Waals surface area contributed by atoms with Gasteiger partial charge in [0.25, 0.3) is 11.8 Å². The standard InChI is InChI=1S/C56H58N4O2/c1-5-7-9-17-39-57-53(43-27-35-49(36-28-43)59(45-19-13-11-14-20-45)46-21-15-12-16-22-46)51-52(56(57)62)54(58(55(51)61)40-18-10-8-6-2)44-29-37-50(38-30-44)60(47-31-23-41(3)24-32-47)48-33-25-42(4)26-34-48/h11-16,19-38H,5-10,17-18,39-40H2,1-4H3. The highest BCUT2D eigenvalue weighted by Crippen LogP contribution is 2.48. The van der Waals surface area contributed by atoms with Gasteiger partial charge in [-0.3, -0.25) is 9.59 Å². The third-order valence-corrected chi connectivity index (χ3v) is 12.1. The first-order valence-electron chi connectivity index (χ1n) is 22.5. The molecule has 0 unspecified atom stereocenters. The van der Waals surface area contributed by atoms with Crippen LogP contribution in [0.15, 0.2) is 169 Å². The van der Waals surface area contributed by atoms with Crippen LogP contribution >= 0.6 is 0 Å². The lowest BCUT2D eigenvalue weighted by molar-refractivity contribution is -0.124. The molecule has 0 N–H and O–H groups in total. The summed E-state index contributed by atoms with van der Waals surface area (Å²) in [5.41, 5.74) is 12.8. The van der Waals surface area contributed by atoms with Crippen LogP contribution in [0.25, 0.3) is 11.4 Å². The predicted octanol–water partition coefficient (Wildman–Crippen LogP) is 14.2. The molecule has 0 radical (unpaired) electrons. The van der Waals surface area contributed by atoms with E-state index >= 15 is 9.59 Å². The Balaban J connectivity index is 1.23. The third-order valence-electron chi connectivity index (χ3n) is 12.1. The van der Waals surface area contributed by atoms with E-state index in [-0.39, 0.29) is 11.8 Å². The Labute approximate surface area is 368 Å². The molecule has 0 aliphatic carbocycles. The van der Waals surface area contributed by atoms with Gasteiger partial charge in [-0.15, -0.1) is 0 Å². The van der Waals surface area contributed by atoms with Crippen molar-refractivity contribution >= 4 is 57.3 Å². The molecule has 0 spiro atoms. The summed E-state index contributed by atoms with van der Waals surface area (Å²) in [5, 5.41) is 0. The molecule has 0 bridgehead atoms. The Morgan fingerprint density at radius 1 is 0.371 bits per heavy atom. The molecule has 0 aromatic heterocycles. The SMILES string of the molecule is CCCCCCN1C(=O)C2=C(c3ccc(N(c4ccc(C)cc4)c4ccc(C)cc4)cc3)N(CCCCCC)C(=O)C2=C1c1ccc(N(c2ccccc2)c2ccccc2)cc1. The van der Waals surface area contributed by atoms with Gasteiger partial charge in [0.2, 0.25) is 0 Å². The summed E-state index contributed by atoms with van der Waals surface area (Å²) < 4.78 is 0. The monoisotopic (exact) mass is 818 g/mol. The highest BCUT2D eigenvalue weighted by atomic mass is 16.2. The Morgan fingerprint density at radius 2 is 0.677 bits per heavy atom. The molecule has 2 aliphatic rings. The first kappa shape index (κ1) is 42.0. The first-order valence-corrected chi connectivity index (χ1v) is 22.5. The fraction of sp³-hybridized carbons (Fsp3) is 0.250. The number of carbonyl (C=O) groups excluding carboxylic acids is 2. The topological polar surface area (TPSA) is 47.1 Å². The number of hydrogen-bond acceptors (Lipinski definition) is 4. The van der Waals surface area contributed by atoms with E-state index in [2.05, 4.69) is 183 Å². The quantitative estimate of drug-likeness (QED) is 0.0811. The van der Waals surface area contributed by atoms with E-state index in [1.54, 1.807) is 0 Å². The molecule has 0 saturated carbocycles. The lowest BCUT2D eigenvalue weighted by Crippen LogP contribution is -2.31. The number of fused-ring (bicyclic) bond motifs is 1. The van der Waals surface area contributed by atoms with E-state index in [0.29, 0.717) is 24.2 Å². The van der Waals surface area contributed by atoms with Gasteiger partial charge >= 0.3 is 0 Å². The van der Waals surface area contributed by atoms with Crippen LogP contribution in [0.1, 0.15) is 87.5 Å². The Bertz CT molecular complexity index is 2440. The molecule has 6 aromatic carbocycles. The van der Waals surface area contributed by atoms with E-state index in [1.807, 2.05) is 21.9 Å². The summed E-state index contributed by atoms with van der Waals surface area (Å²) in [6, 6.07) is 54.7. The summed E-state index contributed by atoms with van der Waals surface area (Å²) >= 11 is 0. The van der Waals surface area contributed by atoms with Crippen LogP contribution < -0.4 is 9.80 Å². The molecular weight excluding hydrogens is 761 g/mol. The van der Waals surface area contributed by atoms with Gasteiger partial charge < -0.3 is 19.6 Å². The normalized spacial score (nSPS) is 13.7. The highest BCUT2D eigenvalue weighted by Gasteiger charge is 2.48. The summed E-state index contributed by atoms with van der Waals surface area (Å²) in [7, 11) is 0. The van der Waals surface area contributed by atoms with Crippen LogP contribution in [-0.4, -0.2) is 34.7 Å². The summed E-state index contributed by atoms with van der Waals surface area (Å²) in [6.07, 6.45) is 8.18. The molecule has 62 heavy (non-hydrogen) atoms. The molecule has 8 rings (SSSR count). The minimum atomic E-state index is -0.0878. The fourth-order valence-electron chi connectivity index (χ4n) is 8.79. The molecule has 6 nitrogen and oxygen atoms in total. The van der Waals surface area contributed by atoms with E-state index in [9.17, 15) is 0 Å². The number of hydrogen-bond donors (Lipinski definition) is 0. The van der Waals surface area contributed by atoms with Crippen LogP contribution in [0.4, 0.5) is 34.1 Å². The summed E-state index contributed by atoms with van der Waals surface area (Å²) in [5.74, 6) is -0.176. The zero-order chi connectivity index (χ0) is 43.0. The second kappa shape index (κ2) is 19.4. The number of aryl methyl sites for hydroxylation is 2. The largest absolute Gasteiger partial charge is 0.311 e. The van der Waals surface area contributed by atoms with E-state index in [0.717, 1.165) is 108 Å². The summed E-state index contributed by atoms with van der Waals surface area (Å²) in [4.78, 5) is 38.4. The maximum absolute atomic E-state index is 15.1. The van der Waals surface area contributed by atoms with Crippen molar-refractivity contribution in [3.63, 3.8) is 0 Å². The first-order chi connectivity index (χ1) is 30.4. The van der Waals surface area contributed by atoms with Gasteiger partial charge in [0.1, 0.15) is 0 Å². The molecule has 0 fully saturated rings. The molecule has 0 atom stereocenters. The number of unbranched alkanes of at least 4 members (excludes halogenated alkanes) is 6. The zero-order valence-corrected chi connectivity index (χ0v) is 36.7.